The Hall–Kier alpha value is -1.82. The van der Waals surface area contributed by atoms with E-state index in [0.29, 0.717) is 28.1 Å². The summed E-state index contributed by atoms with van der Waals surface area (Å²) in [5.74, 6) is -0.643. The second-order valence-electron chi connectivity index (χ2n) is 4.43. The van der Waals surface area contributed by atoms with Crippen LogP contribution in [0.4, 0.5) is 15.8 Å². The lowest BCUT2D eigenvalue weighted by molar-refractivity contribution is 0.101. The molecule has 1 amide bonds. The first kappa shape index (κ1) is 14.6. The number of nitrogens with one attached hydrogen (secondary N) is 1. The summed E-state index contributed by atoms with van der Waals surface area (Å²) in [5.41, 5.74) is 7.27. The average molecular weight is 340 g/mol. The molecule has 0 saturated carbocycles. The number of nitrogen functional groups attached to an aromatic ring is 1. The summed E-state index contributed by atoms with van der Waals surface area (Å²) in [6, 6.07) is 5.73. The number of anilines is 2. The highest BCUT2D eigenvalue weighted by Gasteiger charge is 2.14. The van der Waals surface area contributed by atoms with Gasteiger partial charge in [0.05, 0.1) is 11.4 Å². The van der Waals surface area contributed by atoms with Crippen LogP contribution in [0, 0.1) is 5.82 Å². The Bertz CT molecular complexity index is 639. The van der Waals surface area contributed by atoms with Crippen molar-refractivity contribution in [3.8, 4) is 0 Å². The summed E-state index contributed by atoms with van der Waals surface area (Å²) in [6.07, 6.45) is 2.63. The van der Waals surface area contributed by atoms with Gasteiger partial charge >= 0.3 is 0 Å². The molecule has 0 saturated heterocycles. The standard InChI is InChI=1S/C14H15BrFN3O/c1-2-5-19-8-10(17)7-13(19)14(20)18-12-4-3-9(16)6-11(12)15/h3-4,6-8H,2,5,17H2,1H3,(H,18,20). The van der Waals surface area contributed by atoms with Crippen LogP contribution in [0.3, 0.4) is 0 Å². The number of benzene rings is 1. The summed E-state index contributed by atoms with van der Waals surface area (Å²) in [5, 5.41) is 2.74. The van der Waals surface area contributed by atoms with Gasteiger partial charge in [-0.15, -0.1) is 0 Å². The number of hydrogen-bond acceptors (Lipinski definition) is 2. The number of aryl methyl sites for hydroxylation is 1. The number of amides is 1. The summed E-state index contributed by atoms with van der Waals surface area (Å²) >= 11 is 3.22. The molecule has 1 heterocycles. The van der Waals surface area contributed by atoms with Crippen LogP contribution in [0.2, 0.25) is 0 Å². The minimum Gasteiger partial charge on any atom is -0.397 e. The Labute approximate surface area is 124 Å². The monoisotopic (exact) mass is 339 g/mol. The van der Waals surface area contributed by atoms with Gasteiger partial charge in [0.15, 0.2) is 0 Å². The molecule has 1 aromatic carbocycles. The molecule has 2 rings (SSSR count). The van der Waals surface area contributed by atoms with Crippen LogP contribution < -0.4 is 11.1 Å². The molecule has 0 fully saturated rings. The fraction of sp³-hybridized carbons (Fsp3) is 0.214. The van der Waals surface area contributed by atoms with Gasteiger partial charge in [0.2, 0.25) is 0 Å². The van der Waals surface area contributed by atoms with Crippen LogP contribution in [0.15, 0.2) is 34.9 Å². The van der Waals surface area contributed by atoms with E-state index in [1.54, 1.807) is 12.3 Å². The van der Waals surface area contributed by atoms with Crippen LogP contribution >= 0.6 is 15.9 Å². The third-order valence-electron chi connectivity index (χ3n) is 2.79. The first-order chi connectivity index (χ1) is 9.51. The Balaban J connectivity index is 2.23. The van der Waals surface area contributed by atoms with Crippen LogP contribution in [0.25, 0.3) is 0 Å². The summed E-state index contributed by atoms with van der Waals surface area (Å²) in [7, 11) is 0. The third-order valence-corrected chi connectivity index (χ3v) is 3.45. The zero-order valence-electron chi connectivity index (χ0n) is 11.0. The molecule has 3 N–H and O–H groups in total. The number of carbonyl (C=O) groups is 1. The van der Waals surface area contributed by atoms with Gasteiger partial charge in [-0.05, 0) is 46.6 Å². The highest BCUT2D eigenvalue weighted by Crippen LogP contribution is 2.24. The molecule has 0 bridgehead atoms. The van der Waals surface area contributed by atoms with E-state index < -0.39 is 0 Å². The van der Waals surface area contributed by atoms with Gasteiger partial charge in [0, 0.05) is 17.2 Å². The minimum absolute atomic E-state index is 0.276. The highest BCUT2D eigenvalue weighted by atomic mass is 79.9. The van der Waals surface area contributed by atoms with Gasteiger partial charge in [0.1, 0.15) is 11.5 Å². The zero-order valence-corrected chi connectivity index (χ0v) is 12.6. The van der Waals surface area contributed by atoms with E-state index >= 15 is 0 Å². The fourth-order valence-electron chi connectivity index (χ4n) is 1.93. The average Bonchev–Trinajstić information content (AvgIpc) is 2.74. The van der Waals surface area contributed by atoms with E-state index in [1.807, 2.05) is 11.5 Å². The number of carbonyl (C=O) groups excluding carboxylic acids is 1. The lowest BCUT2D eigenvalue weighted by atomic mass is 10.3. The van der Waals surface area contributed by atoms with Crippen LogP contribution in [0.5, 0.6) is 0 Å². The lowest BCUT2D eigenvalue weighted by Crippen LogP contribution is -2.17. The maximum absolute atomic E-state index is 13.0. The van der Waals surface area contributed by atoms with Gasteiger partial charge in [-0.3, -0.25) is 4.79 Å². The summed E-state index contributed by atoms with van der Waals surface area (Å²) in [4.78, 5) is 12.3. The van der Waals surface area contributed by atoms with E-state index in [9.17, 15) is 9.18 Å². The van der Waals surface area contributed by atoms with Crippen molar-refractivity contribution in [1.82, 2.24) is 4.57 Å². The van der Waals surface area contributed by atoms with Crippen LogP contribution in [0.1, 0.15) is 23.8 Å². The first-order valence-electron chi connectivity index (χ1n) is 6.23. The minimum atomic E-state index is -0.367. The molecule has 20 heavy (non-hydrogen) atoms. The maximum atomic E-state index is 13.0. The van der Waals surface area contributed by atoms with Crippen molar-refractivity contribution >= 4 is 33.2 Å². The number of hydrogen-bond donors (Lipinski definition) is 2. The Morgan fingerprint density at radius 3 is 2.85 bits per heavy atom. The van der Waals surface area contributed by atoms with E-state index in [2.05, 4.69) is 21.2 Å². The molecule has 0 aliphatic heterocycles. The molecule has 0 unspecified atom stereocenters. The van der Waals surface area contributed by atoms with E-state index in [4.69, 9.17) is 5.73 Å². The van der Waals surface area contributed by atoms with Crippen LogP contribution in [-0.4, -0.2) is 10.5 Å². The second kappa shape index (κ2) is 6.09. The van der Waals surface area contributed by atoms with E-state index in [0.717, 1.165) is 6.42 Å². The van der Waals surface area contributed by atoms with Crippen molar-refractivity contribution in [2.24, 2.45) is 0 Å². The topological polar surface area (TPSA) is 60.0 Å². The largest absolute Gasteiger partial charge is 0.397 e. The van der Waals surface area contributed by atoms with Crippen molar-refractivity contribution in [3.63, 3.8) is 0 Å². The van der Waals surface area contributed by atoms with Crippen LogP contribution in [-0.2, 0) is 6.54 Å². The molecule has 0 aliphatic rings. The normalized spacial score (nSPS) is 10.6. The van der Waals surface area contributed by atoms with Crippen molar-refractivity contribution in [1.29, 1.82) is 0 Å². The van der Waals surface area contributed by atoms with Crippen molar-refractivity contribution in [2.45, 2.75) is 19.9 Å². The SMILES string of the molecule is CCCn1cc(N)cc1C(=O)Nc1ccc(F)cc1Br. The van der Waals surface area contributed by atoms with Gasteiger partial charge < -0.3 is 15.6 Å². The number of rotatable bonds is 4. The van der Waals surface area contributed by atoms with Crippen molar-refractivity contribution < 1.29 is 9.18 Å². The lowest BCUT2D eigenvalue weighted by Gasteiger charge is -2.10. The molecular weight excluding hydrogens is 325 g/mol. The summed E-state index contributed by atoms with van der Waals surface area (Å²) < 4.78 is 15.3. The highest BCUT2D eigenvalue weighted by molar-refractivity contribution is 9.10. The number of aromatic nitrogens is 1. The number of halogens is 2. The molecule has 0 radical (unpaired) electrons. The second-order valence-corrected chi connectivity index (χ2v) is 5.28. The molecule has 2 aromatic rings. The van der Waals surface area contributed by atoms with Gasteiger partial charge in [-0.25, -0.2) is 4.39 Å². The number of nitrogens with two attached hydrogens (primary N) is 1. The Morgan fingerprint density at radius 1 is 1.45 bits per heavy atom. The van der Waals surface area contributed by atoms with E-state index in [-0.39, 0.29) is 11.7 Å². The van der Waals surface area contributed by atoms with Gasteiger partial charge in [0.25, 0.3) is 5.91 Å². The van der Waals surface area contributed by atoms with Crippen molar-refractivity contribution in [2.75, 3.05) is 11.1 Å². The molecule has 1 aromatic heterocycles. The molecule has 0 atom stereocenters. The molecule has 106 valence electrons. The Morgan fingerprint density at radius 2 is 2.20 bits per heavy atom. The van der Waals surface area contributed by atoms with Gasteiger partial charge in [-0.1, -0.05) is 6.92 Å². The maximum Gasteiger partial charge on any atom is 0.272 e. The smallest absolute Gasteiger partial charge is 0.272 e. The fourth-order valence-corrected chi connectivity index (χ4v) is 2.38. The predicted octanol–water partition coefficient (Wildman–Crippen LogP) is 3.63. The molecule has 4 nitrogen and oxygen atoms in total. The molecular formula is C14H15BrFN3O. The molecule has 0 aliphatic carbocycles. The quantitative estimate of drug-likeness (QED) is 0.893. The molecule has 0 spiro atoms. The van der Waals surface area contributed by atoms with Crippen molar-refractivity contribution in [3.05, 3.63) is 46.4 Å². The third kappa shape index (κ3) is 3.19. The summed E-state index contributed by atoms with van der Waals surface area (Å²) in [6.45, 7) is 2.74. The predicted molar refractivity (Wildman–Crippen MR) is 81.2 cm³/mol. The zero-order chi connectivity index (χ0) is 14.7. The van der Waals surface area contributed by atoms with E-state index in [1.165, 1.54) is 18.2 Å². The molecule has 6 heteroatoms. The Kier molecular flexibility index (Phi) is 4.44. The number of nitrogens with zero attached hydrogens (tertiary/aromatic N) is 1. The van der Waals surface area contributed by atoms with Gasteiger partial charge in [-0.2, -0.15) is 0 Å². The first-order valence-corrected chi connectivity index (χ1v) is 7.02.